The van der Waals surface area contributed by atoms with Gasteiger partial charge in [-0.25, -0.2) is 0 Å². The molecular weight excluding hydrogens is 394 g/mol. The van der Waals surface area contributed by atoms with Gasteiger partial charge in [0.15, 0.2) is 0 Å². The molecule has 1 unspecified atom stereocenters. The molecule has 3 aromatic carbocycles. The van der Waals surface area contributed by atoms with E-state index in [2.05, 4.69) is 51.6 Å². The SMILES string of the molecule is CN(C)c1ccc(CC(C)(Cc2ccccc2)C(=O)Nc2cccc3cccnc23)cc1. The molecule has 162 valence electrons. The van der Waals surface area contributed by atoms with Crippen LogP contribution < -0.4 is 10.2 Å². The summed E-state index contributed by atoms with van der Waals surface area (Å²) in [5.41, 5.74) is 4.35. The average molecular weight is 424 g/mol. The first-order valence-electron chi connectivity index (χ1n) is 10.9. The Morgan fingerprint density at radius 2 is 1.50 bits per heavy atom. The van der Waals surface area contributed by atoms with E-state index in [-0.39, 0.29) is 5.91 Å². The van der Waals surface area contributed by atoms with Crippen molar-refractivity contribution in [3.63, 3.8) is 0 Å². The third-order valence-corrected chi connectivity index (χ3v) is 5.91. The molecule has 4 nitrogen and oxygen atoms in total. The van der Waals surface area contributed by atoms with Gasteiger partial charge in [-0.15, -0.1) is 0 Å². The molecule has 1 heterocycles. The first-order valence-corrected chi connectivity index (χ1v) is 10.9. The van der Waals surface area contributed by atoms with E-state index in [1.807, 2.05) is 69.6 Å². The van der Waals surface area contributed by atoms with Gasteiger partial charge in [-0.1, -0.05) is 67.6 Å². The number of pyridine rings is 1. The van der Waals surface area contributed by atoms with Crippen LogP contribution >= 0.6 is 0 Å². The number of benzene rings is 3. The minimum Gasteiger partial charge on any atom is -0.378 e. The summed E-state index contributed by atoms with van der Waals surface area (Å²) >= 11 is 0. The van der Waals surface area contributed by atoms with E-state index < -0.39 is 5.41 Å². The Balaban J connectivity index is 1.65. The Bertz CT molecular complexity index is 1200. The normalized spacial score (nSPS) is 12.8. The standard InChI is InChI=1S/C28H29N3O/c1-28(19-21-9-5-4-6-10-21,20-22-14-16-24(17-15-22)31(2)3)27(32)30-25-13-7-11-23-12-8-18-29-26(23)25/h4-18H,19-20H2,1-3H3,(H,30,32). The lowest BCUT2D eigenvalue weighted by Gasteiger charge is -2.29. The van der Waals surface area contributed by atoms with Crippen LogP contribution in [0.5, 0.6) is 0 Å². The van der Waals surface area contributed by atoms with Gasteiger partial charge in [-0.3, -0.25) is 9.78 Å². The lowest BCUT2D eigenvalue weighted by Crippen LogP contribution is -2.37. The highest BCUT2D eigenvalue weighted by Gasteiger charge is 2.34. The van der Waals surface area contributed by atoms with Gasteiger partial charge in [0.05, 0.1) is 16.6 Å². The summed E-state index contributed by atoms with van der Waals surface area (Å²) in [5.74, 6) is -0.00353. The van der Waals surface area contributed by atoms with Crippen LogP contribution in [0.2, 0.25) is 0 Å². The minimum absolute atomic E-state index is 0.00353. The molecule has 4 rings (SSSR count). The molecule has 0 aliphatic rings. The van der Waals surface area contributed by atoms with Gasteiger partial charge >= 0.3 is 0 Å². The van der Waals surface area contributed by atoms with Gasteiger partial charge in [0, 0.05) is 31.4 Å². The second kappa shape index (κ2) is 9.23. The van der Waals surface area contributed by atoms with Crippen molar-refractivity contribution < 1.29 is 4.79 Å². The molecule has 0 aliphatic heterocycles. The molecule has 0 aliphatic carbocycles. The molecule has 0 saturated heterocycles. The lowest BCUT2D eigenvalue weighted by molar-refractivity contribution is -0.124. The fourth-order valence-corrected chi connectivity index (χ4v) is 4.11. The largest absolute Gasteiger partial charge is 0.378 e. The Labute approximate surface area is 189 Å². The molecule has 1 aromatic heterocycles. The maximum atomic E-state index is 13.7. The zero-order chi connectivity index (χ0) is 22.6. The zero-order valence-corrected chi connectivity index (χ0v) is 18.9. The Morgan fingerprint density at radius 1 is 0.844 bits per heavy atom. The number of carbonyl (C=O) groups excluding carboxylic acids is 1. The molecule has 4 aromatic rings. The summed E-state index contributed by atoms with van der Waals surface area (Å²) in [6.07, 6.45) is 3.04. The van der Waals surface area contributed by atoms with Gasteiger partial charge in [0.25, 0.3) is 0 Å². The van der Waals surface area contributed by atoms with Crippen LogP contribution in [0.15, 0.2) is 91.1 Å². The van der Waals surface area contributed by atoms with Crippen molar-refractivity contribution in [2.45, 2.75) is 19.8 Å². The number of carbonyl (C=O) groups is 1. The molecule has 0 bridgehead atoms. The molecule has 0 spiro atoms. The van der Waals surface area contributed by atoms with Crippen LogP contribution in [0.4, 0.5) is 11.4 Å². The van der Waals surface area contributed by atoms with E-state index in [4.69, 9.17) is 0 Å². The minimum atomic E-state index is -0.627. The predicted molar refractivity (Wildman–Crippen MR) is 133 cm³/mol. The quantitative estimate of drug-likeness (QED) is 0.413. The summed E-state index contributed by atoms with van der Waals surface area (Å²) in [4.78, 5) is 20.3. The molecule has 32 heavy (non-hydrogen) atoms. The third kappa shape index (κ3) is 4.80. The van der Waals surface area contributed by atoms with Crippen LogP contribution in [0.25, 0.3) is 10.9 Å². The number of hydrogen-bond acceptors (Lipinski definition) is 3. The van der Waals surface area contributed by atoms with Crippen molar-refractivity contribution in [1.82, 2.24) is 4.98 Å². The van der Waals surface area contributed by atoms with E-state index in [0.29, 0.717) is 12.8 Å². The number of fused-ring (bicyclic) bond motifs is 1. The van der Waals surface area contributed by atoms with Crippen LogP contribution in [0.1, 0.15) is 18.1 Å². The van der Waals surface area contributed by atoms with Crippen molar-refractivity contribution in [3.05, 3.63) is 102 Å². The molecular formula is C28H29N3O. The highest BCUT2D eigenvalue weighted by molar-refractivity contribution is 6.02. The molecule has 0 saturated carbocycles. The van der Waals surface area contributed by atoms with Crippen molar-refractivity contribution in [2.24, 2.45) is 5.41 Å². The summed E-state index contributed by atoms with van der Waals surface area (Å²) in [5, 5.41) is 4.19. The van der Waals surface area contributed by atoms with Crippen LogP contribution in [-0.2, 0) is 17.6 Å². The van der Waals surface area contributed by atoms with E-state index >= 15 is 0 Å². The number of amides is 1. The van der Waals surface area contributed by atoms with Crippen LogP contribution in [0, 0.1) is 5.41 Å². The average Bonchev–Trinajstić information content (AvgIpc) is 2.80. The highest BCUT2D eigenvalue weighted by Crippen LogP contribution is 2.31. The molecule has 0 radical (unpaired) electrons. The zero-order valence-electron chi connectivity index (χ0n) is 18.9. The Kier molecular flexibility index (Phi) is 6.22. The van der Waals surface area contributed by atoms with Gasteiger partial charge in [0.2, 0.25) is 5.91 Å². The number of para-hydroxylation sites is 1. The lowest BCUT2D eigenvalue weighted by atomic mass is 9.77. The molecule has 1 amide bonds. The maximum Gasteiger partial charge on any atom is 0.231 e. The van der Waals surface area contributed by atoms with Crippen molar-refractivity contribution in [1.29, 1.82) is 0 Å². The number of nitrogens with zero attached hydrogens (tertiary/aromatic N) is 2. The summed E-state index contributed by atoms with van der Waals surface area (Å²) in [7, 11) is 4.06. The van der Waals surface area contributed by atoms with Crippen molar-refractivity contribution in [3.8, 4) is 0 Å². The summed E-state index contributed by atoms with van der Waals surface area (Å²) in [6.45, 7) is 2.05. The molecule has 1 atom stereocenters. The second-order valence-electron chi connectivity index (χ2n) is 8.80. The second-order valence-corrected chi connectivity index (χ2v) is 8.80. The number of nitrogens with one attached hydrogen (secondary N) is 1. The van der Waals surface area contributed by atoms with Crippen molar-refractivity contribution in [2.75, 3.05) is 24.3 Å². The number of hydrogen-bond donors (Lipinski definition) is 1. The van der Waals surface area contributed by atoms with Gasteiger partial charge in [-0.05, 0) is 48.2 Å². The highest BCUT2D eigenvalue weighted by atomic mass is 16.2. The first kappa shape index (κ1) is 21.6. The Hall–Kier alpha value is -3.66. The smallest absolute Gasteiger partial charge is 0.231 e. The van der Waals surface area contributed by atoms with Gasteiger partial charge < -0.3 is 10.2 Å². The fourth-order valence-electron chi connectivity index (χ4n) is 4.11. The van der Waals surface area contributed by atoms with Crippen LogP contribution in [0.3, 0.4) is 0 Å². The van der Waals surface area contributed by atoms with E-state index in [1.54, 1.807) is 6.20 Å². The number of aromatic nitrogens is 1. The van der Waals surface area contributed by atoms with Crippen LogP contribution in [-0.4, -0.2) is 25.0 Å². The van der Waals surface area contributed by atoms with E-state index in [1.165, 1.54) is 0 Å². The number of anilines is 2. The number of rotatable bonds is 7. The molecule has 1 N–H and O–H groups in total. The van der Waals surface area contributed by atoms with Gasteiger partial charge in [0.1, 0.15) is 0 Å². The monoisotopic (exact) mass is 423 g/mol. The molecule has 4 heteroatoms. The fraction of sp³-hybridized carbons (Fsp3) is 0.214. The van der Waals surface area contributed by atoms with E-state index in [0.717, 1.165) is 33.4 Å². The Morgan fingerprint density at radius 3 is 2.19 bits per heavy atom. The third-order valence-electron chi connectivity index (χ3n) is 5.91. The summed E-state index contributed by atoms with van der Waals surface area (Å²) in [6, 6.07) is 28.4. The van der Waals surface area contributed by atoms with Crippen molar-refractivity contribution >= 4 is 28.2 Å². The first-order chi connectivity index (χ1) is 15.4. The van der Waals surface area contributed by atoms with Gasteiger partial charge in [-0.2, -0.15) is 0 Å². The maximum absolute atomic E-state index is 13.7. The summed E-state index contributed by atoms with van der Waals surface area (Å²) < 4.78 is 0. The topological polar surface area (TPSA) is 45.2 Å². The van der Waals surface area contributed by atoms with E-state index in [9.17, 15) is 4.79 Å². The molecule has 0 fully saturated rings. The predicted octanol–water partition coefficient (Wildman–Crippen LogP) is 5.73.